The molecule has 0 amide bonds. The van der Waals surface area contributed by atoms with E-state index in [2.05, 4.69) is 156 Å². The molecular formula is C74H60Br2Cl4F4N36O12Y6-6. The van der Waals surface area contributed by atoms with Crippen LogP contribution in [0, 0.1) is 37.5 Å². The van der Waals surface area contributed by atoms with Crippen molar-refractivity contribution in [3.05, 3.63) is 306 Å². The zero-order valence-corrected chi connectivity index (χ0v) is 95.6. The Labute approximate surface area is 959 Å². The summed E-state index contributed by atoms with van der Waals surface area (Å²) in [4.78, 5) is 71.9. The summed E-state index contributed by atoms with van der Waals surface area (Å²) in [6.45, 7) is 4.12. The molecule has 0 saturated carbocycles. The van der Waals surface area contributed by atoms with E-state index in [-0.39, 0.29) is 298 Å². The normalized spacial score (nSPS) is 10.4. The Kier molecular flexibility index (Phi) is 45.7. The first-order valence-electron chi connectivity index (χ1n) is 37.3. The summed E-state index contributed by atoms with van der Waals surface area (Å²) in [5, 5.41) is 88.1. The minimum Gasteiger partial charge on any atom is -0.576 e. The van der Waals surface area contributed by atoms with E-state index in [1.807, 2.05) is 32.0 Å². The van der Waals surface area contributed by atoms with Gasteiger partial charge in [-0.3, -0.25) is 0 Å². The van der Waals surface area contributed by atoms with Gasteiger partial charge in [0.25, 0.3) is 0 Å². The summed E-state index contributed by atoms with van der Waals surface area (Å²) in [7, 11) is 9.04. The first kappa shape index (κ1) is 116. The van der Waals surface area contributed by atoms with Gasteiger partial charge in [-0.05, 0) is 171 Å². The van der Waals surface area contributed by atoms with Crippen molar-refractivity contribution in [2.75, 3.05) is 0 Å². The van der Waals surface area contributed by atoms with Crippen molar-refractivity contribution < 1.29 is 242 Å². The molecule has 0 bridgehead atoms. The van der Waals surface area contributed by atoms with Gasteiger partial charge in [0.05, 0.1) is 34.1 Å². The Balaban J connectivity index is 0.000000223. The maximum Gasteiger partial charge on any atom is 0.368 e. The molecule has 12 aromatic heterocycles. The van der Waals surface area contributed by atoms with Gasteiger partial charge in [-0.15, -0.1) is 29.4 Å². The molecule has 138 heavy (non-hydrogen) atoms. The number of hydrogen-bond donors (Lipinski definition) is 0. The van der Waals surface area contributed by atoms with Crippen LogP contribution < -0.4 is 93.2 Å². The standard InChI is InChI=1S/2C13H12FN6O2.C12H9BrClN6O2.C12H9BrFN6O2.C12H9Cl2N6O2.C12H9ClFN6O2.6Y/c1-8-4-3-5-11(20-13(21)19(2)17-18-20)9(8)7-22-12-10(14)6-15-16-12;1-8-4-3-5-10(20-13(21)19(2)17-18-20)9(8)7-22-12-6-11(14)15-16-12;4*1-19-12(21)20(18-17-19)9-4-2-3-8(13)7(9)6-22-11-5-10(14)15-16-11;;;;;;/h2*3-6H,7H2,1-2H3;4*2-5H,6H2,1H3;;;;;;/q6*-1;;;;;;. The number of hydrogen-bond acceptors (Lipinski definition) is 30. The minimum atomic E-state index is -0.737. The fraction of sp³-hybridized carbons (Fsp3) is 0.189. The van der Waals surface area contributed by atoms with Crippen LogP contribution in [0.1, 0.15) is 44.5 Å². The van der Waals surface area contributed by atoms with Crippen LogP contribution in [-0.2, 0) is 278 Å². The van der Waals surface area contributed by atoms with Gasteiger partial charge in [0.2, 0.25) is 5.88 Å². The van der Waals surface area contributed by atoms with Crippen LogP contribution >= 0.6 is 78.3 Å². The molecule has 0 atom stereocenters. The van der Waals surface area contributed by atoms with E-state index in [1.54, 1.807) is 91.0 Å². The van der Waals surface area contributed by atoms with Crippen LogP contribution in [0.25, 0.3) is 34.1 Å². The van der Waals surface area contributed by atoms with Gasteiger partial charge in [-0.1, -0.05) is 104 Å². The predicted molar refractivity (Wildman–Crippen MR) is 456 cm³/mol. The summed E-state index contributed by atoms with van der Waals surface area (Å²) < 4.78 is 99.4. The molecule has 702 valence electrons. The smallest absolute Gasteiger partial charge is 0.368 e. The van der Waals surface area contributed by atoms with Crippen molar-refractivity contribution in [1.29, 1.82) is 0 Å². The molecule has 12 heterocycles. The predicted octanol–water partition coefficient (Wildman–Crippen LogP) is 4.68. The van der Waals surface area contributed by atoms with Gasteiger partial charge in [0.15, 0.2) is 35.2 Å². The monoisotopic (exact) mass is 2550 g/mol. The van der Waals surface area contributed by atoms with Crippen LogP contribution in [-0.4, -0.2) is 149 Å². The van der Waals surface area contributed by atoms with Crippen molar-refractivity contribution in [1.82, 2.24) is 180 Å². The molecule has 0 N–H and O–H groups in total. The quantitative estimate of drug-likeness (QED) is 0.0741. The number of nitrogens with zero attached hydrogens (tertiary/aromatic N) is 36. The van der Waals surface area contributed by atoms with Gasteiger partial charge in [-0.2, -0.15) is 56.2 Å². The molecule has 6 aromatic carbocycles. The maximum absolute atomic E-state index is 13.3. The molecule has 64 heteroatoms. The molecule has 0 aliphatic heterocycles. The molecule has 0 saturated heterocycles. The van der Waals surface area contributed by atoms with Gasteiger partial charge in [0.1, 0.15) is 39.6 Å². The second-order valence-electron chi connectivity index (χ2n) is 26.6. The third kappa shape index (κ3) is 29.4. The second kappa shape index (κ2) is 54.3. The van der Waals surface area contributed by atoms with Crippen LogP contribution in [0.5, 0.6) is 35.3 Å². The third-order valence-corrected chi connectivity index (χ3v) is 20.5. The molecule has 0 aliphatic carbocycles. The van der Waals surface area contributed by atoms with E-state index in [0.717, 1.165) is 93.3 Å². The number of benzene rings is 6. The number of halogens is 10. The average Bonchev–Trinajstić information content (AvgIpc) is 1.66. The maximum atomic E-state index is 13.3. The Bertz CT molecular complexity index is 6650. The average molecular weight is 2560 g/mol. The van der Waals surface area contributed by atoms with Gasteiger partial charge in [0, 0.05) is 327 Å². The summed E-state index contributed by atoms with van der Waals surface area (Å²) in [6, 6.07) is 37.7. The molecule has 0 unspecified atom stereocenters. The van der Waals surface area contributed by atoms with Crippen molar-refractivity contribution in [3.8, 4) is 69.4 Å². The molecule has 6 radical (unpaired) electrons. The summed E-state index contributed by atoms with van der Waals surface area (Å²) in [5.41, 5.74) is 6.38. The molecule has 0 aliphatic rings. The van der Waals surface area contributed by atoms with Crippen LogP contribution in [0.4, 0.5) is 17.6 Å². The fourth-order valence-corrected chi connectivity index (χ4v) is 13.0. The SMILES string of the molecule is Cc1cccc(-n2nnn(C)c2=O)c1COc1cc(F)[n-]n1.Cc1cccc(-n2nnn(C)c2=O)c1COc1n[n-]cc1F.Cn1nnn(-c2cccc(Br)c2COc2cc(Cl)[n-]n2)c1=O.Cn1nnn(-c2cccc(Br)c2COc2cc(F)[n-]n2)c1=O.Cn1nnn(-c2cccc(Cl)c2COc2cc(Cl)[n-]n2)c1=O.Cn1nnn(-c2cccc(Cl)c2COc2cc(F)[n-]n2)c1=O.[Y].[Y].[Y].[Y].[Y].[Y]. The van der Waals surface area contributed by atoms with E-state index in [9.17, 15) is 46.3 Å². The first-order valence-corrected chi connectivity index (χ1v) is 40.4. The number of tetrazole rings is 6. The zero-order valence-electron chi connectivity index (χ0n) is 72.3. The number of aryl methyl sites for hydroxylation is 8. The largest absolute Gasteiger partial charge is 0.576 e. The van der Waals surface area contributed by atoms with E-state index in [0.29, 0.717) is 76.8 Å². The van der Waals surface area contributed by atoms with Gasteiger partial charge in [-0.25, -0.2) is 46.3 Å². The Hall–Kier alpha value is -8.94. The minimum absolute atomic E-state index is 0. The molecular weight excluding hydrogens is 2500 g/mol. The Morgan fingerprint density at radius 1 is 0.304 bits per heavy atom. The number of rotatable bonds is 24. The van der Waals surface area contributed by atoms with Crippen molar-refractivity contribution in [3.63, 3.8) is 0 Å². The summed E-state index contributed by atoms with van der Waals surface area (Å²) in [5.74, 6) is -2.23. The first-order chi connectivity index (χ1) is 63.4. The van der Waals surface area contributed by atoms with E-state index in [1.165, 1.54) is 68.5 Å². The Morgan fingerprint density at radius 2 is 0.543 bits per heavy atom. The van der Waals surface area contributed by atoms with Crippen LogP contribution in [0.3, 0.4) is 0 Å². The van der Waals surface area contributed by atoms with E-state index < -0.39 is 35.0 Å². The molecule has 0 spiro atoms. The Morgan fingerprint density at radius 3 is 0.790 bits per heavy atom. The van der Waals surface area contributed by atoms with Crippen molar-refractivity contribution in [2.24, 2.45) is 42.3 Å². The van der Waals surface area contributed by atoms with Crippen LogP contribution in [0.15, 0.2) is 183 Å². The fourth-order valence-electron chi connectivity index (χ4n) is 11.3. The summed E-state index contributed by atoms with van der Waals surface area (Å²) in [6.07, 6.45) is 0.973. The molecule has 18 aromatic rings. The van der Waals surface area contributed by atoms with Crippen molar-refractivity contribution in [2.45, 2.75) is 53.5 Å². The number of ether oxygens (including phenoxy) is 6. The van der Waals surface area contributed by atoms with Gasteiger partial charge >= 0.3 is 34.1 Å². The molecule has 0 fully saturated rings. The van der Waals surface area contributed by atoms with E-state index >= 15 is 0 Å². The van der Waals surface area contributed by atoms with Gasteiger partial charge < -0.3 is 89.6 Å². The molecule has 18 rings (SSSR count). The van der Waals surface area contributed by atoms with Crippen LogP contribution in [0.2, 0.25) is 20.4 Å². The summed E-state index contributed by atoms with van der Waals surface area (Å²) >= 11 is 30.6. The zero-order chi connectivity index (χ0) is 94.1. The topological polar surface area (TPSA) is 534 Å². The van der Waals surface area contributed by atoms with E-state index in [4.69, 9.17) is 74.8 Å². The number of aromatic nitrogens is 36. The molecule has 48 nitrogen and oxygen atoms in total. The third-order valence-electron chi connectivity index (χ3n) is 18.0. The van der Waals surface area contributed by atoms with Crippen molar-refractivity contribution >= 4 is 78.3 Å². The second-order valence-corrected chi connectivity index (χ2v) is 29.9.